The van der Waals surface area contributed by atoms with Crippen molar-refractivity contribution in [1.29, 1.82) is 0 Å². The minimum Gasteiger partial charge on any atom is -0.369 e. The molecule has 0 radical (unpaired) electrons. The average Bonchev–Trinajstić information content (AvgIpc) is 2.71. The van der Waals surface area contributed by atoms with E-state index in [0.29, 0.717) is 5.95 Å². The number of hydrogen-bond donors (Lipinski definition) is 1. The maximum atomic E-state index is 6.01. The molecule has 2 aromatic heterocycles. The highest BCUT2D eigenvalue weighted by Crippen LogP contribution is 2.21. The Bertz CT molecular complexity index is 515. The Kier molecular flexibility index (Phi) is 3.81. The second-order valence-corrected chi connectivity index (χ2v) is 4.52. The van der Waals surface area contributed by atoms with Gasteiger partial charge in [0.05, 0.1) is 0 Å². The first kappa shape index (κ1) is 12.8. The first-order valence-corrected chi connectivity index (χ1v) is 6.48. The van der Waals surface area contributed by atoms with Crippen LogP contribution in [0.15, 0.2) is 18.3 Å². The Morgan fingerprint density at radius 2 is 2.11 bits per heavy atom. The first-order valence-electron chi connectivity index (χ1n) is 6.48. The van der Waals surface area contributed by atoms with Crippen molar-refractivity contribution < 1.29 is 0 Å². The van der Waals surface area contributed by atoms with E-state index in [2.05, 4.69) is 35.6 Å². The van der Waals surface area contributed by atoms with Crippen LogP contribution in [-0.4, -0.2) is 39.1 Å². The topological polar surface area (TPSA) is 60.0 Å². The van der Waals surface area contributed by atoms with Crippen molar-refractivity contribution >= 4 is 17.1 Å². The summed E-state index contributed by atoms with van der Waals surface area (Å²) in [4.78, 5) is 11.1. The molecule has 2 heterocycles. The van der Waals surface area contributed by atoms with Gasteiger partial charge in [-0.15, -0.1) is 0 Å². The highest BCUT2D eigenvalue weighted by molar-refractivity contribution is 5.73. The number of fused-ring (bicyclic) bond motifs is 1. The molecule has 0 aliphatic heterocycles. The fraction of sp³-hybridized carbons (Fsp3) is 0.538. The largest absolute Gasteiger partial charge is 0.369 e. The molecule has 0 amide bonds. The van der Waals surface area contributed by atoms with Crippen LogP contribution in [0.4, 0.5) is 5.95 Å². The van der Waals surface area contributed by atoms with E-state index < -0.39 is 0 Å². The van der Waals surface area contributed by atoms with E-state index >= 15 is 0 Å². The van der Waals surface area contributed by atoms with Gasteiger partial charge in [0.1, 0.15) is 5.52 Å². The summed E-state index contributed by atoms with van der Waals surface area (Å²) in [6.07, 6.45) is 1.78. The quantitative estimate of drug-likeness (QED) is 0.877. The van der Waals surface area contributed by atoms with Crippen LogP contribution in [0.2, 0.25) is 0 Å². The summed E-state index contributed by atoms with van der Waals surface area (Å²) in [5.41, 5.74) is 7.74. The Balaban J connectivity index is 2.32. The summed E-state index contributed by atoms with van der Waals surface area (Å²) in [6.45, 7) is 9.54. The second-order valence-electron chi connectivity index (χ2n) is 4.52. The Morgan fingerprint density at radius 3 is 2.78 bits per heavy atom. The SMILES string of the molecule is CCN(CC)CC(C)n1c(N)nc2cccnc21. The molecule has 1 unspecified atom stereocenters. The lowest BCUT2D eigenvalue weighted by atomic mass is 10.3. The van der Waals surface area contributed by atoms with Crippen molar-refractivity contribution in [2.75, 3.05) is 25.4 Å². The van der Waals surface area contributed by atoms with Crippen molar-refractivity contribution in [2.24, 2.45) is 0 Å². The number of nitrogens with zero attached hydrogens (tertiary/aromatic N) is 4. The summed E-state index contributed by atoms with van der Waals surface area (Å²) >= 11 is 0. The van der Waals surface area contributed by atoms with E-state index in [1.54, 1.807) is 6.20 Å². The minimum atomic E-state index is 0.268. The molecule has 0 saturated heterocycles. The predicted octanol–water partition coefficient (Wildman–Crippen LogP) is 1.92. The molecule has 2 N–H and O–H groups in total. The van der Waals surface area contributed by atoms with E-state index in [1.165, 1.54) is 0 Å². The van der Waals surface area contributed by atoms with Gasteiger partial charge in [0.2, 0.25) is 5.95 Å². The first-order chi connectivity index (χ1) is 8.67. The summed E-state index contributed by atoms with van der Waals surface area (Å²) in [6, 6.07) is 4.10. The number of rotatable bonds is 5. The van der Waals surface area contributed by atoms with Crippen LogP contribution in [0.25, 0.3) is 11.2 Å². The van der Waals surface area contributed by atoms with E-state index in [4.69, 9.17) is 5.73 Å². The van der Waals surface area contributed by atoms with Gasteiger partial charge in [-0.1, -0.05) is 13.8 Å². The molecular formula is C13H21N5. The van der Waals surface area contributed by atoms with Crippen molar-refractivity contribution in [3.63, 3.8) is 0 Å². The third kappa shape index (κ3) is 2.31. The molecule has 2 rings (SSSR count). The monoisotopic (exact) mass is 247 g/mol. The number of anilines is 1. The van der Waals surface area contributed by atoms with Gasteiger partial charge in [-0.05, 0) is 32.1 Å². The highest BCUT2D eigenvalue weighted by Gasteiger charge is 2.16. The van der Waals surface area contributed by atoms with Crippen LogP contribution in [-0.2, 0) is 0 Å². The number of aromatic nitrogens is 3. The molecule has 18 heavy (non-hydrogen) atoms. The minimum absolute atomic E-state index is 0.268. The van der Waals surface area contributed by atoms with E-state index in [9.17, 15) is 0 Å². The molecule has 0 aliphatic rings. The van der Waals surface area contributed by atoms with Gasteiger partial charge >= 0.3 is 0 Å². The van der Waals surface area contributed by atoms with Gasteiger partial charge in [-0.3, -0.25) is 4.57 Å². The zero-order valence-electron chi connectivity index (χ0n) is 11.3. The summed E-state index contributed by atoms with van der Waals surface area (Å²) in [5.74, 6) is 0.545. The molecule has 5 nitrogen and oxygen atoms in total. The summed E-state index contributed by atoms with van der Waals surface area (Å²) in [5, 5.41) is 0. The van der Waals surface area contributed by atoms with Gasteiger partial charge in [0, 0.05) is 18.8 Å². The Labute approximate surface area is 108 Å². The van der Waals surface area contributed by atoms with E-state index in [-0.39, 0.29) is 6.04 Å². The third-order valence-corrected chi connectivity index (χ3v) is 3.33. The number of nitrogen functional groups attached to an aromatic ring is 1. The zero-order valence-corrected chi connectivity index (χ0v) is 11.3. The summed E-state index contributed by atoms with van der Waals surface area (Å²) in [7, 11) is 0. The molecule has 5 heteroatoms. The molecule has 0 spiro atoms. The average molecular weight is 247 g/mol. The number of hydrogen-bond acceptors (Lipinski definition) is 4. The lowest BCUT2D eigenvalue weighted by Gasteiger charge is -2.24. The van der Waals surface area contributed by atoms with Crippen LogP contribution in [0.5, 0.6) is 0 Å². The van der Waals surface area contributed by atoms with Gasteiger partial charge in [-0.25, -0.2) is 9.97 Å². The standard InChI is InChI=1S/C13H21N5/c1-4-17(5-2)9-10(3)18-12-11(16-13(18)14)7-6-8-15-12/h6-8,10H,4-5,9H2,1-3H3,(H2,14,16). The van der Waals surface area contributed by atoms with Crippen LogP contribution in [0, 0.1) is 0 Å². The molecule has 0 aromatic carbocycles. The van der Waals surface area contributed by atoms with Crippen LogP contribution in [0.3, 0.4) is 0 Å². The number of likely N-dealkylation sites (N-methyl/N-ethyl adjacent to an activating group) is 1. The maximum Gasteiger partial charge on any atom is 0.202 e. The lowest BCUT2D eigenvalue weighted by Crippen LogP contribution is -2.30. The molecule has 0 bridgehead atoms. The number of nitrogens with two attached hydrogens (primary N) is 1. The number of imidazole rings is 1. The molecule has 2 aromatic rings. The van der Waals surface area contributed by atoms with Crippen LogP contribution in [0.1, 0.15) is 26.8 Å². The van der Waals surface area contributed by atoms with Crippen LogP contribution >= 0.6 is 0 Å². The fourth-order valence-electron chi connectivity index (χ4n) is 2.32. The molecule has 0 fully saturated rings. The number of pyridine rings is 1. The molecule has 0 saturated carbocycles. The van der Waals surface area contributed by atoms with Crippen molar-refractivity contribution in [2.45, 2.75) is 26.8 Å². The summed E-state index contributed by atoms with van der Waals surface area (Å²) < 4.78 is 2.02. The fourth-order valence-corrected chi connectivity index (χ4v) is 2.32. The predicted molar refractivity (Wildman–Crippen MR) is 74.4 cm³/mol. The molecule has 0 aliphatic carbocycles. The molecule has 1 atom stereocenters. The third-order valence-electron chi connectivity index (χ3n) is 3.33. The smallest absolute Gasteiger partial charge is 0.202 e. The van der Waals surface area contributed by atoms with Crippen molar-refractivity contribution in [3.8, 4) is 0 Å². The normalized spacial score (nSPS) is 13.3. The molecule has 98 valence electrons. The van der Waals surface area contributed by atoms with Gasteiger partial charge in [0.25, 0.3) is 0 Å². The maximum absolute atomic E-state index is 6.01. The van der Waals surface area contributed by atoms with Gasteiger partial charge in [-0.2, -0.15) is 0 Å². The molecular weight excluding hydrogens is 226 g/mol. The van der Waals surface area contributed by atoms with Gasteiger partial charge < -0.3 is 10.6 Å². The second kappa shape index (κ2) is 5.35. The van der Waals surface area contributed by atoms with E-state index in [1.807, 2.05) is 16.7 Å². The van der Waals surface area contributed by atoms with Crippen molar-refractivity contribution in [3.05, 3.63) is 18.3 Å². The highest BCUT2D eigenvalue weighted by atomic mass is 15.2. The van der Waals surface area contributed by atoms with Crippen LogP contribution < -0.4 is 5.73 Å². The zero-order chi connectivity index (χ0) is 13.1. The Morgan fingerprint density at radius 1 is 1.39 bits per heavy atom. The van der Waals surface area contributed by atoms with Crippen molar-refractivity contribution in [1.82, 2.24) is 19.4 Å². The van der Waals surface area contributed by atoms with Gasteiger partial charge in [0.15, 0.2) is 5.65 Å². The Hall–Kier alpha value is -1.62. The van der Waals surface area contributed by atoms with E-state index in [0.717, 1.165) is 30.8 Å². The lowest BCUT2D eigenvalue weighted by molar-refractivity contribution is 0.264.